The van der Waals surface area contributed by atoms with Crippen LogP contribution in [0.5, 0.6) is 0 Å². The normalized spacial score (nSPS) is 12.8. The van der Waals surface area contributed by atoms with Gasteiger partial charge in [0.15, 0.2) is 0 Å². The van der Waals surface area contributed by atoms with Crippen LogP contribution >= 0.6 is 0 Å². The maximum Gasteiger partial charge on any atom is 0.0945 e. The summed E-state index contributed by atoms with van der Waals surface area (Å²) in [6, 6.07) is 6.12. The summed E-state index contributed by atoms with van der Waals surface area (Å²) in [5.41, 5.74) is 3.56. The van der Waals surface area contributed by atoms with Gasteiger partial charge in [-0.2, -0.15) is 0 Å². The Kier molecular flexibility index (Phi) is 5.45. The molecule has 0 saturated heterocycles. The van der Waals surface area contributed by atoms with Crippen molar-refractivity contribution in [3.05, 3.63) is 29.3 Å². The highest BCUT2D eigenvalue weighted by Gasteiger charge is 2.07. The zero-order chi connectivity index (χ0) is 12.8. The lowest BCUT2D eigenvalue weighted by Crippen LogP contribution is -2.26. The molecule has 96 valence electrons. The predicted molar refractivity (Wildman–Crippen MR) is 71.5 cm³/mol. The van der Waals surface area contributed by atoms with Crippen molar-refractivity contribution in [2.75, 3.05) is 18.5 Å². The Morgan fingerprint density at radius 3 is 2.65 bits per heavy atom. The third-order valence-corrected chi connectivity index (χ3v) is 2.75. The quantitative estimate of drug-likeness (QED) is 0.798. The largest absolute Gasteiger partial charge is 0.389 e. The maximum atomic E-state index is 9.73. The highest BCUT2D eigenvalue weighted by Crippen LogP contribution is 2.17. The van der Waals surface area contributed by atoms with Gasteiger partial charge in [-0.15, -0.1) is 0 Å². The molecule has 0 aromatic heterocycles. The van der Waals surface area contributed by atoms with Crippen LogP contribution in [0.25, 0.3) is 0 Å². The molecule has 0 radical (unpaired) electrons. The van der Waals surface area contributed by atoms with Crippen molar-refractivity contribution in [1.29, 1.82) is 0 Å². The summed E-state index contributed by atoms with van der Waals surface area (Å²) in [5.74, 6) is 0. The van der Waals surface area contributed by atoms with Crippen LogP contribution in [0.1, 0.15) is 25.0 Å². The van der Waals surface area contributed by atoms with Crippen molar-refractivity contribution in [2.45, 2.75) is 39.9 Å². The van der Waals surface area contributed by atoms with Crippen molar-refractivity contribution in [2.24, 2.45) is 0 Å². The summed E-state index contributed by atoms with van der Waals surface area (Å²) in [7, 11) is 0. The SMILES string of the molecule is Cc1cccc(NCC(O)COC(C)C)c1C. The van der Waals surface area contributed by atoms with E-state index in [1.807, 2.05) is 26.0 Å². The number of hydrogen-bond acceptors (Lipinski definition) is 3. The Bertz CT molecular complexity index is 350. The van der Waals surface area contributed by atoms with Crippen LogP contribution in [-0.2, 0) is 4.74 Å². The van der Waals surface area contributed by atoms with Gasteiger partial charge in [0.25, 0.3) is 0 Å². The number of benzene rings is 1. The van der Waals surface area contributed by atoms with Gasteiger partial charge in [0.2, 0.25) is 0 Å². The summed E-state index contributed by atoms with van der Waals surface area (Å²) < 4.78 is 5.36. The lowest BCUT2D eigenvalue weighted by Gasteiger charge is -2.16. The van der Waals surface area contributed by atoms with Gasteiger partial charge in [-0.1, -0.05) is 12.1 Å². The second-order valence-corrected chi connectivity index (χ2v) is 4.66. The Hall–Kier alpha value is -1.06. The van der Waals surface area contributed by atoms with Crippen LogP contribution in [0.2, 0.25) is 0 Å². The molecule has 0 fully saturated rings. The second-order valence-electron chi connectivity index (χ2n) is 4.66. The van der Waals surface area contributed by atoms with E-state index < -0.39 is 6.10 Å². The number of rotatable bonds is 6. The second kappa shape index (κ2) is 6.62. The van der Waals surface area contributed by atoms with E-state index in [0.717, 1.165) is 5.69 Å². The molecule has 0 heterocycles. The fourth-order valence-electron chi connectivity index (χ4n) is 1.53. The molecule has 0 saturated carbocycles. The van der Waals surface area contributed by atoms with Gasteiger partial charge in [0.1, 0.15) is 0 Å². The summed E-state index contributed by atoms with van der Waals surface area (Å²) in [6.07, 6.45) is -0.317. The molecule has 2 N–H and O–H groups in total. The minimum atomic E-state index is -0.475. The highest BCUT2D eigenvalue weighted by molar-refractivity contribution is 5.53. The molecule has 0 aliphatic heterocycles. The molecule has 1 aromatic rings. The average Bonchev–Trinajstić information content (AvgIpc) is 2.28. The maximum absolute atomic E-state index is 9.73. The molecule has 1 atom stereocenters. The molecule has 0 amide bonds. The van der Waals surface area contributed by atoms with Crippen molar-refractivity contribution < 1.29 is 9.84 Å². The Morgan fingerprint density at radius 1 is 1.29 bits per heavy atom. The Balaban J connectivity index is 2.42. The van der Waals surface area contributed by atoms with Crippen molar-refractivity contribution >= 4 is 5.69 Å². The first kappa shape index (κ1) is 14.0. The number of nitrogens with one attached hydrogen (secondary N) is 1. The third kappa shape index (κ3) is 4.75. The zero-order valence-electron chi connectivity index (χ0n) is 11.2. The zero-order valence-corrected chi connectivity index (χ0v) is 11.2. The van der Waals surface area contributed by atoms with Crippen LogP contribution in [-0.4, -0.2) is 30.5 Å². The van der Waals surface area contributed by atoms with Gasteiger partial charge >= 0.3 is 0 Å². The van der Waals surface area contributed by atoms with Gasteiger partial charge in [-0.3, -0.25) is 0 Å². The van der Waals surface area contributed by atoms with Crippen LogP contribution < -0.4 is 5.32 Å². The fourth-order valence-corrected chi connectivity index (χ4v) is 1.53. The number of ether oxygens (including phenoxy) is 1. The monoisotopic (exact) mass is 237 g/mol. The molecular weight excluding hydrogens is 214 g/mol. The fraction of sp³-hybridized carbons (Fsp3) is 0.571. The number of aryl methyl sites for hydroxylation is 1. The van der Waals surface area contributed by atoms with E-state index >= 15 is 0 Å². The summed E-state index contributed by atoms with van der Waals surface area (Å²) in [4.78, 5) is 0. The van der Waals surface area contributed by atoms with E-state index in [1.54, 1.807) is 0 Å². The van der Waals surface area contributed by atoms with Crippen LogP contribution in [0.15, 0.2) is 18.2 Å². The van der Waals surface area contributed by atoms with E-state index in [4.69, 9.17) is 4.74 Å². The molecule has 17 heavy (non-hydrogen) atoms. The first-order valence-electron chi connectivity index (χ1n) is 6.10. The van der Waals surface area contributed by atoms with Crippen LogP contribution in [0, 0.1) is 13.8 Å². The molecule has 3 heteroatoms. The van der Waals surface area contributed by atoms with Crippen LogP contribution in [0.4, 0.5) is 5.69 Å². The standard InChI is InChI=1S/C14H23NO2/c1-10(2)17-9-13(16)8-15-14-7-5-6-11(3)12(14)4/h5-7,10,13,15-16H,8-9H2,1-4H3. The number of aliphatic hydroxyl groups is 1. The molecule has 0 spiro atoms. The van der Waals surface area contributed by atoms with E-state index in [1.165, 1.54) is 11.1 Å². The minimum Gasteiger partial charge on any atom is -0.389 e. The van der Waals surface area contributed by atoms with Crippen molar-refractivity contribution in [3.63, 3.8) is 0 Å². The third-order valence-electron chi connectivity index (χ3n) is 2.75. The van der Waals surface area contributed by atoms with Gasteiger partial charge in [0.05, 0.1) is 18.8 Å². The average molecular weight is 237 g/mol. The van der Waals surface area contributed by atoms with Crippen LogP contribution in [0.3, 0.4) is 0 Å². The number of hydrogen-bond donors (Lipinski definition) is 2. The molecule has 0 bridgehead atoms. The van der Waals surface area contributed by atoms with E-state index in [-0.39, 0.29) is 6.10 Å². The number of aliphatic hydroxyl groups excluding tert-OH is 1. The number of anilines is 1. The first-order chi connectivity index (χ1) is 8.00. The predicted octanol–water partition coefficient (Wildman–Crippen LogP) is 2.50. The summed E-state index contributed by atoms with van der Waals surface area (Å²) in [5, 5.41) is 13.0. The molecule has 0 aliphatic rings. The van der Waals surface area contributed by atoms with Crippen molar-refractivity contribution in [1.82, 2.24) is 0 Å². The Morgan fingerprint density at radius 2 is 2.00 bits per heavy atom. The van der Waals surface area contributed by atoms with Gasteiger partial charge in [-0.25, -0.2) is 0 Å². The van der Waals surface area contributed by atoms with E-state index in [9.17, 15) is 5.11 Å². The smallest absolute Gasteiger partial charge is 0.0945 e. The topological polar surface area (TPSA) is 41.5 Å². The molecule has 1 rings (SSSR count). The van der Waals surface area contributed by atoms with Gasteiger partial charge in [-0.05, 0) is 44.9 Å². The lowest BCUT2D eigenvalue weighted by molar-refractivity contribution is 0.0112. The van der Waals surface area contributed by atoms with E-state index in [0.29, 0.717) is 13.2 Å². The van der Waals surface area contributed by atoms with Crippen molar-refractivity contribution in [3.8, 4) is 0 Å². The van der Waals surface area contributed by atoms with Gasteiger partial charge in [0, 0.05) is 12.2 Å². The molecule has 3 nitrogen and oxygen atoms in total. The minimum absolute atomic E-state index is 0.158. The first-order valence-corrected chi connectivity index (χ1v) is 6.10. The lowest BCUT2D eigenvalue weighted by atomic mass is 10.1. The molecule has 0 aliphatic carbocycles. The highest BCUT2D eigenvalue weighted by atomic mass is 16.5. The molecule has 1 unspecified atom stereocenters. The van der Waals surface area contributed by atoms with E-state index in [2.05, 4.69) is 25.2 Å². The summed E-state index contributed by atoms with van der Waals surface area (Å²) >= 11 is 0. The van der Waals surface area contributed by atoms with Gasteiger partial charge < -0.3 is 15.2 Å². The summed E-state index contributed by atoms with van der Waals surface area (Å²) in [6.45, 7) is 8.97. The Labute approximate surface area is 104 Å². The molecule has 1 aromatic carbocycles. The molecular formula is C14H23NO2.